The van der Waals surface area contributed by atoms with Crippen molar-refractivity contribution in [3.05, 3.63) is 48.6 Å². The van der Waals surface area contributed by atoms with Gasteiger partial charge in [-0.3, -0.25) is 14.4 Å². The topological polar surface area (TPSA) is 78.9 Å². The largest absolute Gasteiger partial charge is 0.462 e. The average Bonchev–Trinajstić information content (AvgIpc) is 3.31. The van der Waals surface area contributed by atoms with E-state index in [1.165, 1.54) is 161 Å². The van der Waals surface area contributed by atoms with Crippen LogP contribution in [0.2, 0.25) is 0 Å². The number of hydrogen-bond donors (Lipinski definition) is 0. The maximum absolute atomic E-state index is 12.8. The molecule has 0 saturated carbocycles. The second kappa shape index (κ2) is 55.0. The summed E-state index contributed by atoms with van der Waals surface area (Å²) < 4.78 is 16.8. The van der Waals surface area contributed by atoms with E-state index in [4.69, 9.17) is 14.2 Å². The molecule has 0 amide bonds. The number of hydrogen-bond acceptors (Lipinski definition) is 6. The van der Waals surface area contributed by atoms with E-state index in [2.05, 4.69) is 69.4 Å². The first-order valence-corrected chi connectivity index (χ1v) is 28.6. The Labute approximate surface area is 409 Å². The van der Waals surface area contributed by atoms with E-state index in [0.717, 1.165) is 96.3 Å². The zero-order chi connectivity index (χ0) is 47.9. The van der Waals surface area contributed by atoms with Crippen molar-refractivity contribution in [2.45, 2.75) is 303 Å². The number of unbranched alkanes of at least 4 members (excludes halogenated alkanes) is 33. The minimum atomic E-state index is -0.782. The fraction of sp³-hybridized carbons (Fsp3) is 0.817. The number of carbonyl (C=O) groups excluding carboxylic acids is 3. The summed E-state index contributed by atoms with van der Waals surface area (Å²) in [5.74, 6) is -0.887. The lowest BCUT2D eigenvalue weighted by atomic mass is 10.0. The Morgan fingerprint density at radius 2 is 0.591 bits per heavy atom. The molecule has 6 nitrogen and oxygen atoms in total. The summed E-state index contributed by atoms with van der Waals surface area (Å²) >= 11 is 0. The lowest BCUT2D eigenvalue weighted by molar-refractivity contribution is -0.167. The minimum absolute atomic E-state index is 0.0789. The van der Waals surface area contributed by atoms with Crippen molar-refractivity contribution in [2.75, 3.05) is 13.2 Å². The molecule has 0 aliphatic heterocycles. The van der Waals surface area contributed by atoms with Crippen LogP contribution in [0, 0.1) is 0 Å². The van der Waals surface area contributed by atoms with Gasteiger partial charge in [-0.1, -0.05) is 268 Å². The number of rotatable bonds is 52. The van der Waals surface area contributed by atoms with Crippen molar-refractivity contribution >= 4 is 17.9 Å². The van der Waals surface area contributed by atoms with Crippen molar-refractivity contribution < 1.29 is 28.6 Å². The molecule has 0 aromatic carbocycles. The maximum atomic E-state index is 12.8. The molecule has 0 saturated heterocycles. The molecule has 0 aromatic heterocycles. The van der Waals surface area contributed by atoms with E-state index >= 15 is 0 Å². The third kappa shape index (κ3) is 52.3. The molecule has 0 bridgehead atoms. The molecule has 6 heteroatoms. The van der Waals surface area contributed by atoms with Crippen LogP contribution in [-0.2, 0) is 28.6 Å². The monoisotopic (exact) mass is 925 g/mol. The maximum Gasteiger partial charge on any atom is 0.306 e. The molecule has 0 fully saturated rings. The summed E-state index contributed by atoms with van der Waals surface area (Å²) in [6, 6.07) is 0. The first kappa shape index (κ1) is 63.4. The zero-order valence-electron chi connectivity index (χ0n) is 44.0. The van der Waals surface area contributed by atoms with Crippen LogP contribution in [0.15, 0.2) is 48.6 Å². The third-order valence-corrected chi connectivity index (χ3v) is 12.6. The fourth-order valence-corrected chi connectivity index (χ4v) is 8.32. The van der Waals surface area contributed by atoms with E-state index in [-0.39, 0.29) is 31.1 Å². The number of esters is 3. The summed E-state index contributed by atoms with van der Waals surface area (Å²) in [6.07, 6.45) is 66.7. The van der Waals surface area contributed by atoms with Gasteiger partial charge in [0.05, 0.1) is 0 Å². The summed E-state index contributed by atoms with van der Waals surface area (Å²) in [6.45, 7) is 6.54. The molecule has 384 valence electrons. The van der Waals surface area contributed by atoms with E-state index in [1.807, 2.05) is 0 Å². The van der Waals surface area contributed by atoms with Gasteiger partial charge in [-0.15, -0.1) is 0 Å². The molecule has 0 aliphatic rings. The van der Waals surface area contributed by atoms with Gasteiger partial charge in [0.15, 0.2) is 6.10 Å². The summed E-state index contributed by atoms with van der Waals surface area (Å²) in [5.41, 5.74) is 0. The van der Waals surface area contributed by atoms with E-state index < -0.39 is 6.10 Å². The standard InChI is InChI=1S/C60H108O6/c1-4-7-10-13-16-19-22-25-27-29-30-32-33-35-38-41-44-47-50-53-59(62)65-56-57(55-64-58(61)52-49-46-43-40-37-24-21-18-15-12-9-6-3)66-60(63)54-51-48-45-42-39-36-34-31-28-26-23-20-17-14-11-8-5-2/h8,11,17,20,26,28,34,36,57H,4-7,9-10,12-16,18-19,21-25,27,29-33,35,37-56H2,1-3H3/b11-8-,20-17-,28-26-,36-34-. The molecule has 0 aromatic rings. The van der Waals surface area contributed by atoms with Crippen LogP contribution in [0.25, 0.3) is 0 Å². The molecular formula is C60H108O6. The number of allylic oxidation sites excluding steroid dienone is 8. The van der Waals surface area contributed by atoms with Crippen molar-refractivity contribution in [2.24, 2.45) is 0 Å². The lowest BCUT2D eigenvalue weighted by Gasteiger charge is -2.18. The molecule has 1 atom stereocenters. The molecule has 0 rings (SSSR count). The van der Waals surface area contributed by atoms with Gasteiger partial charge in [-0.2, -0.15) is 0 Å². The van der Waals surface area contributed by atoms with Gasteiger partial charge >= 0.3 is 17.9 Å². The summed E-state index contributed by atoms with van der Waals surface area (Å²) in [5, 5.41) is 0. The Kier molecular flexibility index (Phi) is 52.8. The first-order valence-electron chi connectivity index (χ1n) is 28.6. The molecule has 1 unspecified atom stereocenters. The molecule has 0 aliphatic carbocycles. The molecule has 0 spiro atoms. The summed E-state index contributed by atoms with van der Waals surface area (Å²) in [4.78, 5) is 38.1. The van der Waals surface area contributed by atoms with Crippen molar-refractivity contribution in [3.63, 3.8) is 0 Å². The predicted molar refractivity (Wildman–Crippen MR) is 284 cm³/mol. The average molecular weight is 926 g/mol. The van der Waals surface area contributed by atoms with Gasteiger partial charge in [0.2, 0.25) is 0 Å². The normalized spacial score (nSPS) is 12.3. The Morgan fingerprint density at radius 3 is 0.924 bits per heavy atom. The molecule has 0 radical (unpaired) electrons. The SMILES string of the molecule is CC/C=C\C/C=C\C/C=C\C/C=C\CCCCCCC(=O)OC(COC(=O)CCCCCCCCCCCCCC)COC(=O)CCCCCCCCCCCCCCCCCCCCC. The third-order valence-electron chi connectivity index (χ3n) is 12.6. The van der Waals surface area contributed by atoms with E-state index in [0.29, 0.717) is 19.3 Å². The number of carbonyl (C=O) groups is 3. The van der Waals surface area contributed by atoms with Crippen LogP contribution in [0.1, 0.15) is 297 Å². The minimum Gasteiger partial charge on any atom is -0.462 e. The fourth-order valence-electron chi connectivity index (χ4n) is 8.32. The quantitative estimate of drug-likeness (QED) is 0.0262. The van der Waals surface area contributed by atoms with Crippen molar-refractivity contribution in [1.82, 2.24) is 0 Å². The summed E-state index contributed by atoms with van der Waals surface area (Å²) in [7, 11) is 0. The molecule has 66 heavy (non-hydrogen) atoms. The number of ether oxygens (including phenoxy) is 3. The van der Waals surface area contributed by atoms with Gasteiger partial charge in [0, 0.05) is 19.3 Å². The highest BCUT2D eigenvalue weighted by Gasteiger charge is 2.19. The van der Waals surface area contributed by atoms with Crippen LogP contribution in [-0.4, -0.2) is 37.2 Å². The van der Waals surface area contributed by atoms with E-state index in [1.54, 1.807) is 0 Å². The molecule has 0 N–H and O–H groups in total. The van der Waals surface area contributed by atoms with Crippen LogP contribution in [0.3, 0.4) is 0 Å². The van der Waals surface area contributed by atoms with Gasteiger partial charge in [0.25, 0.3) is 0 Å². The van der Waals surface area contributed by atoms with Crippen molar-refractivity contribution in [1.29, 1.82) is 0 Å². The van der Waals surface area contributed by atoms with Crippen LogP contribution < -0.4 is 0 Å². The first-order chi connectivity index (χ1) is 32.5. The smallest absolute Gasteiger partial charge is 0.306 e. The highest BCUT2D eigenvalue weighted by Crippen LogP contribution is 2.17. The van der Waals surface area contributed by atoms with Gasteiger partial charge in [-0.05, 0) is 57.8 Å². The highest BCUT2D eigenvalue weighted by atomic mass is 16.6. The van der Waals surface area contributed by atoms with Gasteiger partial charge in [-0.25, -0.2) is 0 Å². The lowest BCUT2D eigenvalue weighted by Crippen LogP contribution is -2.30. The molecule has 0 heterocycles. The Morgan fingerprint density at radius 1 is 0.318 bits per heavy atom. The second-order valence-corrected chi connectivity index (χ2v) is 19.2. The van der Waals surface area contributed by atoms with Gasteiger partial charge < -0.3 is 14.2 Å². The highest BCUT2D eigenvalue weighted by molar-refractivity contribution is 5.71. The zero-order valence-corrected chi connectivity index (χ0v) is 44.0. The van der Waals surface area contributed by atoms with Crippen LogP contribution in [0.4, 0.5) is 0 Å². The van der Waals surface area contributed by atoms with Crippen LogP contribution in [0.5, 0.6) is 0 Å². The Balaban J connectivity index is 4.34. The van der Waals surface area contributed by atoms with Gasteiger partial charge in [0.1, 0.15) is 13.2 Å². The van der Waals surface area contributed by atoms with E-state index in [9.17, 15) is 14.4 Å². The predicted octanol–water partition coefficient (Wildman–Crippen LogP) is 19.0. The second-order valence-electron chi connectivity index (χ2n) is 19.2. The molecular weight excluding hydrogens is 817 g/mol. The van der Waals surface area contributed by atoms with Crippen LogP contribution >= 0.6 is 0 Å². The Bertz CT molecular complexity index is 1150. The Hall–Kier alpha value is -2.63. The van der Waals surface area contributed by atoms with Crippen molar-refractivity contribution in [3.8, 4) is 0 Å².